The van der Waals surface area contributed by atoms with Crippen LogP contribution in [0.25, 0.3) is 16.6 Å². The van der Waals surface area contributed by atoms with E-state index in [0.29, 0.717) is 28.6 Å². The van der Waals surface area contributed by atoms with E-state index in [9.17, 15) is 19.8 Å². The van der Waals surface area contributed by atoms with E-state index in [0.717, 1.165) is 29.5 Å². The van der Waals surface area contributed by atoms with Gasteiger partial charge in [-0.1, -0.05) is 12.5 Å². The lowest BCUT2D eigenvalue weighted by Gasteiger charge is -2.19. The Morgan fingerprint density at radius 3 is 2.42 bits per heavy atom. The number of aliphatic carboxylic acids is 1. The van der Waals surface area contributed by atoms with Crippen LogP contribution in [0.1, 0.15) is 41.6 Å². The van der Waals surface area contributed by atoms with E-state index in [4.69, 9.17) is 0 Å². The molecule has 2 aromatic carbocycles. The lowest BCUT2D eigenvalue weighted by atomic mass is 9.86. The third-order valence-corrected chi connectivity index (χ3v) is 7.07. The Balaban J connectivity index is 1.84. The summed E-state index contributed by atoms with van der Waals surface area (Å²) in [5.41, 5.74) is 2.33. The largest absolute Gasteiger partial charge is 0.478 e. The molecule has 6 nitrogen and oxygen atoms in total. The monoisotopic (exact) mass is 454 g/mol. The summed E-state index contributed by atoms with van der Waals surface area (Å²) in [4.78, 5) is 27.0. The van der Waals surface area contributed by atoms with Crippen LogP contribution in [0.5, 0.6) is 0 Å². The summed E-state index contributed by atoms with van der Waals surface area (Å²) in [5, 5.41) is 20.5. The Kier molecular flexibility index (Phi) is 6.50. The van der Waals surface area contributed by atoms with Crippen LogP contribution in [0.2, 0.25) is 0 Å². The van der Waals surface area contributed by atoms with Crippen molar-refractivity contribution in [3.63, 3.8) is 0 Å². The first kappa shape index (κ1) is 21.7. The van der Waals surface area contributed by atoms with E-state index >= 15 is 0 Å². The molecule has 2 N–H and O–H groups in total. The zero-order chi connectivity index (χ0) is 22.0. The maximum Gasteiger partial charge on any atom is 0.336 e. The third-order valence-electron chi connectivity index (χ3n) is 5.77. The zero-order valence-electron chi connectivity index (χ0n) is 16.9. The standard InChI is InChI=1S/C23H22N2O4S2/c1-30-16-8-5-13(6-9-16)22(27)17(11-14-3-2-4-20(14)26)21(23(28)29)15-7-10-18-19(12-15)25-31-24-18/h5-10,12,14,20,26H,2-4,11H2,1H3,(H,28,29). The van der Waals surface area contributed by atoms with Gasteiger partial charge in [0.15, 0.2) is 5.78 Å². The molecular formula is C23H22N2O4S2. The average Bonchev–Trinajstić information content (AvgIpc) is 3.41. The minimum Gasteiger partial charge on any atom is -0.478 e. The predicted molar refractivity (Wildman–Crippen MR) is 122 cm³/mol. The van der Waals surface area contributed by atoms with Crippen molar-refractivity contribution in [2.45, 2.75) is 36.7 Å². The molecule has 1 aromatic heterocycles. The molecule has 31 heavy (non-hydrogen) atoms. The van der Waals surface area contributed by atoms with Crippen molar-refractivity contribution >= 4 is 51.8 Å². The summed E-state index contributed by atoms with van der Waals surface area (Å²) in [6.07, 6.45) is 3.96. The fraction of sp³-hybridized carbons (Fsp3) is 0.304. The maximum absolute atomic E-state index is 13.5. The fourth-order valence-electron chi connectivity index (χ4n) is 4.11. The number of carbonyl (C=O) groups excluding carboxylic acids is 1. The maximum atomic E-state index is 13.5. The third kappa shape index (κ3) is 4.56. The highest BCUT2D eigenvalue weighted by molar-refractivity contribution is 7.98. The number of carbonyl (C=O) groups is 2. The first-order valence-electron chi connectivity index (χ1n) is 10.0. The van der Waals surface area contributed by atoms with Gasteiger partial charge in [-0.15, -0.1) is 11.8 Å². The number of hydrogen-bond acceptors (Lipinski definition) is 7. The molecule has 1 aliphatic carbocycles. The first-order valence-corrected chi connectivity index (χ1v) is 12.0. The molecule has 8 heteroatoms. The van der Waals surface area contributed by atoms with Crippen molar-refractivity contribution in [1.82, 2.24) is 8.75 Å². The van der Waals surface area contributed by atoms with Gasteiger partial charge in [-0.2, -0.15) is 8.75 Å². The highest BCUT2D eigenvalue weighted by Crippen LogP contribution is 2.35. The number of fused-ring (bicyclic) bond motifs is 1. The van der Waals surface area contributed by atoms with Crippen molar-refractivity contribution in [3.05, 3.63) is 59.2 Å². The molecule has 1 fully saturated rings. The molecule has 0 radical (unpaired) electrons. The van der Waals surface area contributed by atoms with Crippen LogP contribution < -0.4 is 0 Å². The Hall–Kier alpha value is -2.55. The van der Waals surface area contributed by atoms with Crippen molar-refractivity contribution in [3.8, 4) is 0 Å². The molecule has 1 heterocycles. The van der Waals surface area contributed by atoms with Crippen molar-refractivity contribution < 1.29 is 19.8 Å². The molecule has 2 unspecified atom stereocenters. The molecule has 1 aliphatic rings. The lowest BCUT2D eigenvalue weighted by Crippen LogP contribution is -2.19. The normalized spacial score (nSPS) is 19.4. The smallest absolute Gasteiger partial charge is 0.336 e. The topological polar surface area (TPSA) is 100 Å². The van der Waals surface area contributed by atoms with E-state index in [1.807, 2.05) is 18.4 Å². The zero-order valence-corrected chi connectivity index (χ0v) is 18.6. The van der Waals surface area contributed by atoms with Crippen LogP contribution in [0.4, 0.5) is 0 Å². The van der Waals surface area contributed by atoms with Gasteiger partial charge in [0, 0.05) is 16.0 Å². The summed E-state index contributed by atoms with van der Waals surface area (Å²) < 4.78 is 8.37. The van der Waals surface area contributed by atoms with E-state index < -0.39 is 12.1 Å². The van der Waals surface area contributed by atoms with Gasteiger partial charge >= 0.3 is 5.97 Å². The van der Waals surface area contributed by atoms with Gasteiger partial charge in [0.1, 0.15) is 11.0 Å². The molecule has 0 amide bonds. The summed E-state index contributed by atoms with van der Waals surface area (Å²) in [6.45, 7) is 0. The van der Waals surface area contributed by atoms with Crippen LogP contribution >= 0.6 is 23.5 Å². The number of carboxylic acid groups (broad SMARTS) is 1. The minimum atomic E-state index is -1.17. The van der Waals surface area contributed by atoms with Crippen LogP contribution in [0, 0.1) is 5.92 Å². The second kappa shape index (κ2) is 9.30. The second-order valence-corrected chi connectivity index (χ2v) is 9.05. The Bertz CT molecular complexity index is 1150. The number of thioether (sulfide) groups is 1. The number of aromatic nitrogens is 2. The number of allylic oxidation sites excluding steroid dienone is 1. The van der Waals surface area contributed by atoms with Crippen LogP contribution in [0.15, 0.2) is 52.9 Å². The number of ketones is 1. The van der Waals surface area contributed by atoms with Crippen molar-refractivity contribution in [2.75, 3.05) is 6.26 Å². The Morgan fingerprint density at radius 2 is 1.77 bits per heavy atom. The number of Topliss-reactive ketones (excluding diaryl/α,β-unsaturated/α-hetero) is 1. The van der Waals surface area contributed by atoms with Crippen molar-refractivity contribution in [2.24, 2.45) is 5.92 Å². The van der Waals surface area contributed by atoms with Gasteiger partial charge in [-0.25, -0.2) is 4.79 Å². The molecule has 0 saturated heterocycles. The van der Waals surface area contributed by atoms with Gasteiger partial charge in [0.05, 0.1) is 23.4 Å². The number of rotatable bonds is 7. The molecule has 160 valence electrons. The molecule has 2 atom stereocenters. The van der Waals surface area contributed by atoms with Gasteiger partial charge in [0.2, 0.25) is 0 Å². The van der Waals surface area contributed by atoms with Crippen LogP contribution in [-0.2, 0) is 4.79 Å². The number of aliphatic hydroxyl groups is 1. The second-order valence-electron chi connectivity index (χ2n) is 7.65. The predicted octanol–water partition coefficient (Wildman–Crippen LogP) is 4.69. The summed E-state index contributed by atoms with van der Waals surface area (Å²) in [5.74, 6) is -1.62. The molecule has 0 spiro atoms. The minimum absolute atomic E-state index is 0.0343. The fourth-order valence-corrected chi connectivity index (χ4v) is 5.03. The molecule has 0 bridgehead atoms. The highest BCUT2D eigenvalue weighted by Gasteiger charge is 2.31. The number of aliphatic hydroxyl groups excluding tert-OH is 1. The van der Waals surface area contributed by atoms with E-state index in [1.165, 1.54) is 0 Å². The number of nitrogens with zero attached hydrogens (tertiary/aromatic N) is 2. The van der Waals surface area contributed by atoms with Gasteiger partial charge in [-0.05, 0) is 73.4 Å². The Labute approximate surface area is 188 Å². The van der Waals surface area contributed by atoms with Crippen LogP contribution in [0.3, 0.4) is 0 Å². The quantitative estimate of drug-likeness (QED) is 0.303. The SMILES string of the molecule is CSc1ccc(C(=O)C(CC2CCCC2O)=C(C(=O)O)c2ccc3nsnc3c2)cc1. The molecular weight excluding hydrogens is 432 g/mol. The summed E-state index contributed by atoms with van der Waals surface area (Å²) in [6, 6.07) is 12.2. The molecule has 0 aliphatic heterocycles. The van der Waals surface area contributed by atoms with E-state index in [2.05, 4.69) is 8.75 Å². The molecule has 1 saturated carbocycles. The lowest BCUT2D eigenvalue weighted by molar-refractivity contribution is -0.130. The van der Waals surface area contributed by atoms with Gasteiger partial charge < -0.3 is 10.2 Å². The summed E-state index contributed by atoms with van der Waals surface area (Å²) in [7, 11) is 0. The number of carboxylic acids is 1. The molecule has 3 aromatic rings. The van der Waals surface area contributed by atoms with Gasteiger partial charge in [0.25, 0.3) is 0 Å². The van der Waals surface area contributed by atoms with Crippen LogP contribution in [-0.4, -0.2) is 43.1 Å². The number of hydrogen-bond donors (Lipinski definition) is 2. The van der Waals surface area contributed by atoms with Crippen molar-refractivity contribution in [1.29, 1.82) is 0 Å². The average molecular weight is 455 g/mol. The Morgan fingerprint density at radius 1 is 1.06 bits per heavy atom. The van der Waals surface area contributed by atoms with E-state index in [1.54, 1.807) is 42.1 Å². The van der Waals surface area contributed by atoms with E-state index in [-0.39, 0.29) is 29.3 Å². The number of benzene rings is 2. The van der Waals surface area contributed by atoms with Gasteiger partial charge in [-0.3, -0.25) is 4.79 Å². The highest BCUT2D eigenvalue weighted by atomic mass is 32.2. The summed E-state index contributed by atoms with van der Waals surface area (Å²) >= 11 is 2.63. The first-order chi connectivity index (χ1) is 15.0. The molecule has 4 rings (SSSR count).